The number of anilines is 1. The molecule has 0 saturated carbocycles. The highest BCUT2D eigenvalue weighted by molar-refractivity contribution is 5.95. The van der Waals surface area contributed by atoms with E-state index in [0.717, 1.165) is 5.56 Å². The van der Waals surface area contributed by atoms with E-state index in [0.29, 0.717) is 25.1 Å². The number of carboxylic acids is 1. The molecule has 1 aliphatic rings. The molecule has 0 aliphatic carbocycles. The maximum atomic E-state index is 13.0. The molecule has 1 amide bonds. The van der Waals surface area contributed by atoms with Crippen molar-refractivity contribution in [3.63, 3.8) is 0 Å². The van der Waals surface area contributed by atoms with Crippen LogP contribution in [0.2, 0.25) is 0 Å². The number of carbonyl (C=O) groups is 2. The molecular formula is C18H16FNO3. The Labute approximate surface area is 133 Å². The smallest absolute Gasteiger partial charge is 0.335 e. The quantitative estimate of drug-likeness (QED) is 0.943. The van der Waals surface area contributed by atoms with Gasteiger partial charge in [-0.05, 0) is 54.3 Å². The van der Waals surface area contributed by atoms with E-state index in [1.54, 1.807) is 41.3 Å². The van der Waals surface area contributed by atoms with E-state index in [4.69, 9.17) is 5.11 Å². The second-order valence-corrected chi connectivity index (χ2v) is 5.76. The lowest BCUT2D eigenvalue weighted by Gasteiger charge is -2.16. The largest absolute Gasteiger partial charge is 0.478 e. The molecule has 1 heterocycles. The highest BCUT2D eigenvalue weighted by Gasteiger charge is 2.30. The molecule has 1 aliphatic heterocycles. The third-order valence-electron chi connectivity index (χ3n) is 4.07. The Kier molecular flexibility index (Phi) is 4.10. The zero-order valence-corrected chi connectivity index (χ0v) is 12.4. The van der Waals surface area contributed by atoms with Crippen LogP contribution in [0.5, 0.6) is 0 Å². The number of hydrogen-bond acceptors (Lipinski definition) is 2. The van der Waals surface area contributed by atoms with E-state index in [2.05, 4.69) is 0 Å². The molecule has 118 valence electrons. The maximum Gasteiger partial charge on any atom is 0.335 e. The van der Waals surface area contributed by atoms with Crippen molar-refractivity contribution in [1.82, 2.24) is 0 Å². The summed E-state index contributed by atoms with van der Waals surface area (Å²) in [5.74, 6) is -1.07. The van der Waals surface area contributed by atoms with Gasteiger partial charge in [0, 0.05) is 18.7 Å². The zero-order chi connectivity index (χ0) is 16.4. The van der Waals surface area contributed by atoms with Gasteiger partial charge in [0.25, 0.3) is 0 Å². The number of carbonyl (C=O) groups excluding carboxylic acids is 1. The second kappa shape index (κ2) is 6.20. The van der Waals surface area contributed by atoms with Crippen LogP contribution in [-0.2, 0) is 11.2 Å². The molecule has 2 aromatic rings. The van der Waals surface area contributed by atoms with Gasteiger partial charge in [-0.15, -0.1) is 0 Å². The number of benzene rings is 2. The Bertz CT molecular complexity index is 725. The minimum atomic E-state index is -0.949. The molecule has 1 atom stereocenters. The Balaban J connectivity index is 1.67. The van der Waals surface area contributed by atoms with Gasteiger partial charge < -0.3 is 10.0 Å². The predicted molar refractivity (Wildman–Crippen MR) is 84.0 cm³/mol. The number of rotatable bonds is 4. The molecule has 0 spiro atoms. The van der Waals surface area contributed by atoms with Gasteiger partial charge in [0.15, 0.2) is 0 Å². The van der Waals surface area contributed by atoms with Crippen molar-refractivity contribution < 1.29 is 19.1 Å². The van der Waals surface area contributed by atoms with Gasteiger partial charge in [-0.3, -0.25) is 4.79 Å². The Hall–Kier alpha value is -2.69. The first-order valence-corrected chi connectivity index (χ1v) is 7.41. The fourth-order valence-corrected chi connectivity index (χ4v) is 2.91. The molecule has 5 heteroatoms. The zero-order valence-electron chi connectivity index (χ0n) is 12.4. The summed E-state index contributed by atoms with van der Waals surface area (Å²) in [7, 11) is 0. The van der Waals surface area contributed by atoms with Crippen LogP contribution in [0.15, 0.2) is 48.5 Å². The Morgan fingerprint density at radius 3 is 2.39 bits per heavy atom. The lowest BCUT2D eigenvalue weighted by atomic mass is 9.98. The van der Waals surface area contributed by atoms with Gasteiger partial charge in [-0.1, -0.05) is 12.1 Å². The number of halogens is 1. The van der Waals surface area contributed by atoms with E-state index >= 15 is 0 Å². The van der Waals surface area contributed by atoms with Crippen LogP contribution >= 0.6 is 0 Å². The molecule has 1 fully saturated rings. The molecule has 1 N–H and O–H groups in total. The van der Waals surface area contributed by atoms with Gasteiger partial charge in [-0.25, -0.2) is 9.18 Å². The molecular weight excluding hydrogens is 297 g/mol. The molecule has 4 nitrogen and oxygen atoms in total. The normalized spacial score (nSPS) is 17.5. The molecule has 3 rings (SSSR count). The SMILES string of the molecule is O=C(O)c1ccc(CC2CC(=O)N(c3ccc(F)cc3)C2)cc1. The van der Waals surface area contributed by atoms with Crippen molar-refractivity contribution in [3.8, 4) is 0 Å². The fraction of sp³-hybridized carbons (Fsp3) is 0.222. The van der Waals surface area contributed by atoms with Crippen LogP contribution in [0.3, 0.4) is 0 Å². The van der Waals surface area contributed by atoms with Crippen LogP contribution in [0, 0.1) is 11.7 Å². The Morgan fingerprint density at radius 1 is 1.13 bits per heavy atom. The molecule has 2 aromatic carbocycles. The maximum absolute atomic E-state index is 13.0. The van der Waals surface area contributed by atoms with Gasteiger partial charge in [0.05, 0.1) is 5.56 Å². The minimum absolute atomic E-state index is 0.0313. The molecule has 1 unspecified atom stereocenters. The third kappa shape index (κ3) is 3.39. The summed E-state index contributed by atoms with van der Waals surface area (Å²) in [6.45, 7) is 0.588. The predicted octanol–water partition coefficient (Wildman–Crippen LogP) is 3.12. The van der Waals surface area contributed by atoms with Crippen LogP contribution in [0.4, 0.5) is 10.1 Å². The highest BCUT2D eigenvalue weighted by atomic mass is 19.1. The van der Waals surface area contributed by atoms with Gasteiger partial charge >= 0.3 is 5.97 Å². The van der Waals surface area contributed by atoms with Crippen LogP contribution in [0.1, 0.15) is 22.3 Å². The van der Waals surface area contributed by atoms with E-state index < -0.39 is 5.97 Å². The topological polar surface area (TPSA) is 57.6 Å². The highest BCUT2D eigenvalue weighted by Crippen LogP contribution is 2.27. The summed E-state index contributed by atoms with van der Waals surface area (Å²) in [4.78, 5) is 24.7. The Morgan fingerprint density at radius 2 is 1.78 bits per heavy atom. The lowest BCUT2D eigenvalue weighted by Crippen LogP contribution is -2.24. The van der Waals surface area contributed by atoms with E-state index in [1.807, 2.05) is 0 Å². The fourth-order valence-electron chi connectivity index (χ4n) is 2.91. The van der Waals surface area contributed by atoms with E-state index in [1.165, 1.54) is 12.1 Å². The number of amides is 1. The second-order valence-electron chi connectivity index (χ2n) is 5.76. The van der Waals surface area contributed by atoms with Crippen molar-refractivity contribution >= 4 is 17.6 Å². The summed E-state index contributed by atoms with van der Waals surface area (Å²) >= 11 is 0. The van der Waals surface area contributed by atoms with Gasteiger partial charge in [0.2, 0.25) is 5.91 Å². The molecule has 0 radical (unpaired) electrons. The summed E-state index contributed by atoms with van der Waals surface area (Å²) in [6, 6.07) is 12.6. The van der Waals surface area contributed by atoms with Crippen molar-refractivity contribution in [2.24, 2.45) is 5.92 Å². The average Bonchev–Trinajstić information content (AvgIpc) is 2.89. The minimum Gasteiger partial charge on any atom is -0.478 e. The van der Waals surface area contributed by atoms with Crippen molar-refractivity contribution in [2.75, 3.05) is 11.4 Å². The van der Waals surface area contributed by atoms with Crippen LogP contribution in [0.25, 0.3) is 0 Å². The summed E-state index contributed by atoms with van der Waals surface area (Å²) in [5.41, 5.74) is 1.97. The third-order valence-corrected chi connectivity index (χ3v) is 4.07. The summed E-state index contributed by atoms with van der Waals surface area (Å²) < 4.78 is 13.0. The van der Waals surface area contributed by atoms with Gasteiger partial charge in [-0.2, -0.15) is 0 Å². The van der Waals surface area contributed by atoms with Crippen molar-refractivity contribution in [2.45, 2.75) is 12.8 Å². The summed E-state index contributed by atoms with van der Waals surface area (Å²) in [6.07, 6.45) is 1.15. The molecule has 0 aromatic heterocycles. The van der Waals surface area contributed by atoms with Crippen LogP contribution < -0.4 is 4.90 Å². The van der Waals surface area contributed by atoms with Crippen LogP contribution in [-0.4, -0.2) is 23.5 Å². The number of carboxylic acid groups (broad SMARTS) is 1. The number of aromatic carboxylic acids is 1. The number of hydrogen-bond donors (Lipinski definition) is 1. The van der Waals surface area contributed by atoms with E-state index in [-0.39, 0.29) is 23.2 Å². The molecule has 1 saturated heterocycles. The van der Waals surface area contributed by atoms with E-state index in [9.17, 15) is 14.0 Å². The first kappa shape index (κ1) is 15.2. The summed E-state index contributed by atoms with van der Waals surface area (Å²) in [5, 5.41) is 8.90. The molecule has 23 heavy (non-hydrogen) atoms. The monoisotopic (exact) mass is 313 g/mol. The number of nitrogens with zero attached hydrogens (tertiary/aromatic N) is 1. The lowest BCUT2D eigenvalue weighted by molar-refractivity contribution is -0.117. The standard InChI is InChI=1S/C18H16FNO3/c19-15-5-7-16(8-6-15)20-11-13(10-17(20)21)9-12-1-3-14(4-2-12)18(22)23/h1-8,13H,9-11H2,(H,22,23). The first-order chi connectivity index (χ1) is 11.0. The van der Waals surface area contributed by atoms with Crippen molar-refractivity contribution in [3.05, 3.63) is 65.5 Å². The van der Waals surface area contributed by atoms with Gasteiger partial charge in [0.1, 0.15) is 5.82 Å². The van der Waals surface area contributed by atoms with Crippen molar-refractivity contribution in [1.29, 1.82) is 0 Å². The first-order valence-electron chi connectivity index (χ1n) is 7.41. The molecule has 0 bridgehead atoms. The average molecular weight is 313 g/mol.